The van der Waals surface area contributed by atoms with Crippen LogP contribution in [0, 0.1) is 0 Å². The Bertz CT molecular complexity index is 321. The van der Waals surface area contributed by atoms with E-state index in [0.717, 1.165) is 12.8 Å². The molecule has 0 aromatic rings. The number of phosphoric acid groups is 1. The molecule has 5 nitrogen and oxygen atoms in total. The monoisotopic (exact) mass is 292 g/mol. The van der Waals surface area contributed by atoms with Gasteiger partial charge in [0.1, 0.15) is 11.7 Å². The number of rotatable bonds is 8. The quantitative estimate of drug-likeness (QED) is 0.504. The predicted octanol–water partition coefficient (Wildman–Crippen LogP) is 3.68. The molecule has 112 valence electrons. The van der Waals surface area contributed by atoms with Gasteiger partial charge in [-0.15, -0.1) is 0 Å². The minimum Gasteiger partial charge on any atom is -0.367 e. The highest BCUT2D eigenvalue weighted by Gasteiger charge is 2.57. The van der Waals surface area contributed by atoms with Gasteiger partial charge in [0.05, 0.1) is 13.2 Å². The van der Waals surface area contributed by atoms with Crippen molar-refractivity contribution in [1.29, 1.82) is 0 Å². The molecule has 3 heterocycles. The molecule has 3 rings (SSSR count). The molecule has 0 N–H and O–H groups in total. The molecule has 0 radical (unpaired) electrons. The van der Waals surface area contributed by atoms with Crippen molar-refractivity contribution in [2.45, 2.75) is 64.1 Å². The first-order chi connectivity index (χ1) is 9.14. The van der Waals surface area contributed by atoms with E-state index in [2.05, 4.69) is 6.92 Å². The Morgan fingerprint density at radius 3 is 2.47 bits per heavy atom. The average Bonchev–Trinajstić information content (AvgIpc) is 2.43. The van der Waals surface area contributed by atoms with Gasteiger partial charge in [-0.1, -0.05) is 39.5 Å². The average molecular weight is 292 g/mol. The maximum absolute atomic E-state index is 11.9. The van der Waals surface area contributed by atoms with Crippen LogP contribution in [-0.2, 0) is 22.9 Å². The summed E-state index contributed by atoms with van der Waals surface area (Å²) in [5.41, 5.74) is -0.564. The van der Waals surface area contributed by atoms with Gasteiger partial charge in [-0.05, 0) is 12.8 Å². The standard InChI is InChI=1S/C13H25O5P/c1-3-5-6-7-8-9-15-13-10-16-19(14,17-11-13)18-12(13)4-2/h12H,3-11H2,1-2H3. The van der Waals surface area contributed by atoms with Crippen molar-refractivity contribution in [2.24, 2.45) is 0 Å². The largest absolute Gasteiger partial charge is 0.475 e. The van der Waals surface area contributed by atoms with Crippen molar-refractivity contribution in [2.75, 3.05) is 19.8 Å². The van der Waals surface area contributed by atoms with Gasteiger partial charge in [0.2, 0.25) is 0 Å². The van der Waals surface area contributed by atoms with Crippen molar-refractivity contribution in [3.8, 4) is 0 Å². The van der Waals surface area contributed by atoms with Crippen molar-refractivity contribution in [3.63, 3.8) is 0 Å². The third-order valence-electron chi connectivity index (χ3n) is 3.79. The normalized spacial score (nSPS) is 37.7. The summed E-state index contributed by atoms with van der Waals surface area (Å²) in [6.45, 7) is 5.52. The SMILES string of the molecule is CCCCCCCOC12COP(=O)(OC1)OC2CC. The van der Waals surface area contributed by atoms with Crippen LogP contribution in [0.5, 0.6) is 0 Å². The summed E-state index contributed by atoms with van der Waals surface area (Å²) >= 11 is 0. The third-order valence-corrected chi connectivity index (χ3v) is 5.19. The highest BCUT2D eigenvalue weighted by atomic mass is 31.2. The highest BCUT2D eigenvalue weighted by Crippen LogP contribution is 2.61. The molecule has 1 unspecified atom stereocenters. The van der Waals surface area contributed by atoms with E-state index in [9.17, 15) is 4.57 Å². The molecule has 0 aliphatic carbocycles. The van der Waals surface area contributed by atoms with Gasteiger partial charge in [0.25, 0.3) is 0 Å². The molecule has 3 fully saturated rings. The molecule has 2 bridgehead atoms. The van der Waals surface area contributed by atoms with Crippen molar-refractivity contribution < 1.29 is 22.9 Å². The van der Waals surface area contributed by atoms with Crippen molar-refractivity contribution in [3.05, 3.63) is 0 Å². The lowest BCUT2D eigenvalue weighted by atomic mass is 9.96. The zero-order chi connectivity index (χ0) is 13.8. The molecule has 19 heavy (non-hydrogen) atoms. The molecule has 0 aromatic carbocycles. The Hall–Kier alpha value is 0.0700. The first-order valence-corrected chi connectivity index (χ1v) is 8.81. The van der Waals surface area contributed by atoms with E-state index in [-0.39, 0.29) is 6.10 Å². The summed E-state index contributed by atoms with van der Waals surface area (Å²) in [6, 6.07) is 0. The summed E-state index contributed by atoms with van der Waals surface area (Å²) < 4.78 is 33.6. The minimum absolute atomic E-state index is 0.184. The fraction of sp³-hybridized carbons (Fsp3) is 1.00. The maximum Gasteiger partial charge on any atom is 0.475 e. The molecule has 0 amide bonds. The number of ether oxygens (including phenoxy) is 1. The molecule has 0 spiro atoms. The predicted molar refractivity (Wildman–Crippen MR) is 72.1 cm³/mol. The summed E-state index contributed by atoms with van der Waals surface area (Å²) in [5.74, 6) is 0. The van der Waals surface area contributed by atoms with Gasteiger partial charge in [-0.2, -0.15) is 0 Å². The van der Waals surface area contributed by atoms with E-state index < -0.39 is 13.4 Å². The fourth-order valence-electron chi connectivity index (χ4n) is 2.56. The lowest BCUT2D eigenvalue weighted by molar-refractivity contribution is -0.218. The van der Waals surface area contributed by atoms with Gasteiger partial charge in [-0.25, -0.2) is 4.57 Å². The highest BCUT2D eigenvalue weighted by molar-refractivity contribution is 7.48. The van der Waals surface area contributed by atoms with Crippen molar-refractivity contribution >= 4 is 7.82 Å². The summed E-state index contributed by atoms with van der Waals surface area (Å²) in [4.78, 5) is 0. The lowest BCUT2D eigenvalue weighted by Crippen LogP contribution is -2.59. The number of phosphoric ester groups is 1. The van der Waals surface area contributed by atoms with Crippen LogP contribution in [0.2, 0.25) is 0 Å². The molecule has 3 aliphatic rings. The molecule has 0 saturated carbocycles. The lowest BCUT2D eigenvalue weighted by Gasteiger charge is -2.49. The molecule has 3 aliphatic heterocycles. The van der Waals surface area contributed by atoms with Crippen LogP contribution < -0.4 is 0 Å². The van der Waals surface area contributed by atoms with Crippen LogP contribution in [0.3, 0.4) is 0 Å². The summed E-state index contributed by atoms with van der Waals surface area (Å²) in [6.07, 6.45) is 6.57. The van der Waals surface area contributed by atoms with Gasteiger partial charge >= 0.3 is 7.82 Å². The Morgan fingerprint density at radius 2 is 1.84 bits per heavy atom. The molecular formula is C13H25O5P. The van der Waals surface area contributed by atoms with Crippen LogP contribution in [0.4, 0.5) is 0 Å². The molecule has 6 heteroatoms. The Labute approximate surface area is 115 Å². The smallest absolute Gasteiger partial charge is 0.367 e. The first-order valence-electron chi connectivity index (χ1n) is 7.35. The second-order valence-electron chi connectivity index (χ2n) is 5.32. The van der Waals surface area contributed by atoms with E-state index >= 15 is 0 Å². The van der Waals surface area contributed by atoms with Crippen LogP contribution in [0.25, 0.3) is 0 Å². The van der Waals surface area contributed by atoms with E-state index in [1.165, 1.54) is 25.7 Å². The molecule has 3 saturated heterocycles. The second kappa shape index (κ2) is 6.68. The van der Waals surface area contributed by atoms with Crippen LogP contribution in [0.1, 0.15) is 52.4 Å². The number of hydrogen-bond acceptors (Lipinski definition) is 5. The zero-order valence-corrected chi connectivity index (χ0v) is 12.8. The van der Waals surface area contributed by atoms with Crippen molar-refractivity contribution in [1.82, 2.24) is 0 Å². The van der Waals surface area contributed by atoms with E-state index in [4.69, 9.17) is 18.3 Å². The Balaban J connectivity index is 1.79. The first kappa shape index (κ1) is 15.5. The van der Waals surface area contributed by atoms with Crippen LogP contribution >= 0.6 is 7.82 Å². The van der Waals surface area contributed by atoms with E-state index in [1.54, 1.807) is 0 Å². The molecular weight excluding hydrogens is 267 g/mol. The summed E-state index contributed by atoms with van der Waals surface area (Å²) in [5, 5.41) is 0. The van der Waals surface area contributed by atoms with Gasteiger partial charge < -0.3 is 4.74 Å². The zero-order valence-electron chi connectivity index (χ0n) is 11.9. The van der Waals surface area contributed by atoms with E-state index in [0.29, 0.717) is 19.8 Å². The van der Waals surface area contributed by atoms with Crippen LogP contribution in [-0.4, -0.2) is 31.5 Å². The van der Waals surface area contributed by atoms with Gasteiger partial charge in [0.15, 0.2) is 0 Å². The number of hydrogen-bond donors (Lipinski definition) is 0. The fourth-order valence-corrected chi connectivity index (χ4v) is 4.16. The second-order valence-corrected chi connectivity index (χ2v) is 6.95. The van der Waals surface area contributed by atoms with Crippen LogP contribution in [0.15, 0.2) is 0 Å². The maximum atomic E-state index is 11.9. The van der Waals surface area contributed by atoms with Gasteiger partial charge in [-0.3, -0.25) is 13.6 Å². The Morgan fingerprint density at radius 1 is 1.16 bits per heavy atom. The number of fused-ring (bicyclic) bond motifs is 3. The summed E-state index contributed by atoms with van der Waals surface area (Å²) in [7, 11) is -3.28. The molecule has 1 atom stereocenters. The van der Waals surface area contributed by atoms with Gasteiger partial charge in [0, 0.05) is 6.61 Å². The molecule has 0 aromatic heterocycles. The van der Waals surface area contributed by atoms with E-state index in [1.807, 2.05) is 6.92 Å². The number of unbranched alkanes of at least 4 members (excludes halogenated alkanes) is 4. The Kier molecular flexibility index (Phi) is 5.44. The minimum atomic E-state index is -3.28. The third kappa shape index (κ3) is 3.59. The topological polar surface area (TPSA) is 54.0 Å².